The summed E-state index contributed by atoms with van der Waals surface area (Å²) in [5.74, 6) is -0.375. The molecule has 2 aromatic carbocycles. The van der Waals surface area contributed by atoms with Crippen LogP contribution >= 0.6 is 11.3 Å². The van der Waals surface area contributed by atoms with Crippen LogP contribution in [0, 0.1) is 0 Å². The number of hydrogen-bond donors (Lipinski definition) is 0. The smallest absolute Gasteiger partial charge is 0.338 e. The summed E-state index contributed by atoms with van der Waals surface area (Å²) in [5.41, 5.74) is 3.64. The second kappa shape index (κ2) is 9.23. The van der Waals surface area contributed by atoms with Gasteiger partial charge in [0.1, 0.15) is 12.4 Å². The maximum absolute atomic E-state index is 12.7. The molecule has 8 heteroatoms. The molecule has 0 unspecified atom stereocenters. The fourth-order valence-corrected chi connectivity index (χ4v) is 5.35. The predicted molar refractivity (Wildman–Crippen MR) is 128 cm³/mol. The molecule has 0 fully saturated rings. The average Bonchev–Trinajstić information content (AvgIpc) is 3.22. The molecule has 1 aliphatic carbocycles. The third kappa shape index (κ3) is 4.49. The van der Waals surface area contributed by atoms with Crippen molar-refractivity contribution in [2.75, 3.05) is 0 Å². The Labute approximate surface area is 199 Å². The maximum Gasteiger partial charge on any atom is 0.338 e. The minimum atomic E-state index is -0.482. The monoisotopic (exact) mass is 474 g/mol. The van der Waals surface area contributed by atoms with Crippen LogP contribution in [0.15, 0.2) is 59.4 Å². The van der Waals surface area contributed by atoms with E-state index >= 15 is 0 Å². The predicted octanol–water partition coefficient (Wildman–Crippen LogP) is 4.58. The lowest BCUT2D eigenvalue weighted by atomic mass is 10.0. The van der Waals surface area contributed by atoms with Crippen LogP contribution in [-0.2, 0) is 29.0 Å². The molecule has 0 saturated carbocycles. The van der Waals surface area contributed by atoms with Crippen LogP contribution in [0.1, 0.15) is 46.4 Å². The Balaban J connectivity index is 1.26. The summed E-state index contributed by atoms with van der Waals surface area (Å²) in [6.07, 6.45) is 4.11. The molecular weight excluding hydrogens is 452 g/mol. The van der Waals surface area contributed by atoms with Gasteiger partial charge in [0.15, 0.2) is 4.96 Å². The van der Waals surface area contributed by atoms with E-state index in [1.807, 2.05) is 24.3 Å². The number of benzene rings is 2. The van der Waals surface area contributed by atoms with E-state index in [0.29, 0.717) is 22.0 Å². The number of aromatic nitrogens is 2. The van der Waals surface area contributed by atoms with Gasteiger partial charge in [-0.2, -0.15) is 0 Å². The van der Waals surface area contributed by atoms with Gasteiger partial charge in [0.25, 0.3) is 5.56 Å². The molecule has 4 aromatic rings. The van der Waals surface area contributed by atoms with Gasteiger partial charge in [-0.15, -0.1) is 11.3 Å². The lowest BCUT2D eigenvalue weighted by Gasteiger charge is -2.10. The third-order valence-electron chi connectivity index (χ3n) is 5.74. The molecule has 172 valence electrons. The topological polar surface area (TPSA) is 87.0 Å². The zero-order chi connectivity index (χ0) is 23.7. The van der Waals surface area contributed by atoms with Crippen molar-refractivity contribution in [3.05, 3.63) is 86.8 Å². The highest BCUT2D eigenvalue weighted by atomic mass is 32.1. The van der Waals surface area contributed by atoms with Gasteiger partial charge in [-0.1, -0.05) is 24.3 Å². The molecule has 0 atom stereocenters. The fraction of sp³-hybridized carbons (Fsp3) is 0.231. The highest BCUT2D eigenvalue weighted by Gasteiger charge is 2.19. The summed E-state index contributed by atoms with van der Waals surface area (Å²) in [4.78, 5) is 42.7. The number of fused-ring (bicyclic) bond motifs is 3. The van der Waals surface area contributed by atoms with E-state index in [2.05, 4.69) is 4.98 Å². The van der Waals surface area contributed by atoms with Gasteiger partial charge in [0.05, 0.1) is 11.3 Å². The van der Waals surface area contributed by atoms with Gasteiger partial charge in [-0.05, 0) is 61.1 Å². The van der Waals surface area contributed by atoms with E-state index in [0.717, 1.165) is 42.5 Å². The van der Waals surface area contributed by atoms with Crippen molar-refractivity contribution >= 4 is 28.2 Å². The van der Waals surface area contributed by atoms with Crippen molar-refractivity contribution in [1.82, 2.24) is 9.38 Å². The number of aryl methyl sites for hydroxylation is 2. The number of nitrogens with zero attached hydrogens (tertiary/aromatic N) is 2. The first-order valence-corrected chi connectivity index (χ1v) is 11.9. The number of carbonyl (C=O) groups excluding carboxylic acids is 2. The number of hydrogen-bond acceptors (Lipinski definition) is 7. The van der Waals surface area contributed by atoms with E-state index in [1.165, 1.54) is 17.9 Å². The molecule has 0 spiro atoms. The molecule has 34 heavy (non-hydrogen) atoms. The van der Waals surface area contributed by atoms with Crippen LogP contribution in [0.5, 0.6) is 5.75 Å². The molecule has 0 radical (unpaired) electrons. The highest BCUT2D eigenvalue weighted by molar-refractivity contribution is 7.17. The molecular formula is C26H22N2O5S. The second-order valence-electron chi connectivity index (χ2n) is 8.15. The Hall–Kier alpha value is -3.78. The Bertz CT molecular complexity index is 1440. The maximum atomic E-state index is 12.7. The fourth-order valence-electron chi connectivity index (χ4n) is 4.12. The van der Waals surface area contributed by atoms with Gasteiger partial charge >= 0.3 is 11.9 Å². The second-order valence-corrected chi connectivity index (χ2v) is 9.22. The first-order chi connectivity index (χ1) is 16.5. The molecule has 0 amide bonds. The van der Waals surface area contributed by atoms with Crippen molar-refractivity contribution < 1.29 is 19.1 Å². The summed E-state index contributed by atoms with van der Waals surface area (Å²) >= 11 is 1.55. The number of ether oxygens (including phenoxy) is 2. The Kier molecular flexibility index (Phi) is 5.98. The quantitative estimate of drug-likeness (QED) is 0.311. The largest absolute Gasteiger partial charge is 0.456 e. The normalized spacial score (nSPS) is 12.9. The molecule has 0 bridgehead atoms. The summed E-state index contributed by atoms with van der Waals surface area (Å²) in [6, 6.07) is 15.6. The van der Waals surface area contributed by atoms with Gasteiger partial charge in [-0.25, -0.2) is 9.78 Å². The number of rotatable bonds is 5. The summed E-state index contributed by atoms with van der Waals surface area (Å²) in [5, 5.41) is 0. The van der Waals surface area contributed by atoms with Gasteiger partial charge in [0, 0.05) is 23.6 Å². The highest BCUT2D eigenvalue weighted by Crippen LogP contribution is 2.28. The van der Waals surface area contributed by atoms with Crippen molar-refractivity contribution in [2.24, 2.45) is 0 Å². The number of carbonyl (C=O) groups is 2. The first kappa shape index (κ1) is 22.0. The van der Waals surface area contributed by atoms with Crippen LogP contribution in [-0.4, -0.2) is 21.3 Å². The molecule has 2 aromatic heterocycles. The molecule has 0 N–H and O–H groups in total. The summed E-state index contributed by atoms with van der Waals surface area (Å²) in [7, 11) is 0. The van der Waals surface area contributed by atoms with Crippen molar-refractivity contribution in [2.45, 2.75) is 39.2 Å². The van der Waals surface area contributed by atoms with E-state index in [-0.39, 0.29) is 18.1 Å². The minimum Gasteiger partial charge on any atom is -0.456 e. The van der Waals surface area contributed by atoms with E-state index < -0.39 is 5.97 Å². The molecule has 0 saturated heterocycles. The van der Waals surface area contributed by atoms with E-state index in [1.54, 1.807) is 40.0 Å². The van der Waals surface area contributed by atoms with Crippen molar-refractivity contribution in [3.8, 4) is 16.9 Å². The first-order valence-electron chi connectivity index (χ1n) is 11.1. The van der Waals surface area contributed by atoms with Gasteiger partial charge in [-0.3, -0.25) is 14.0 Å². The van der Waals surface area contributed by atoms with E-state index in [4.69, 9.17) is 9.47 Å². The minimum absolute atomic E-state index is 0.0630. The van der Waals surface area contributed by atoms with Crippen LogP contribution in [0.25, 0.3) is 16.1 Å². The third-order valence-corrected chi connectivity index (χ3v) is 6.88. The molecule has 1 aliphatic rings. The standard InChI is InChI=1S/C26H22N2O5S/c1-16(29)33-21-12-10-18(11-13-21)17-6-8-19(9-7-17)25(31)32-15-20-14-24(30)28-22-4-2-3-5-23(22)34-26(28)27-20/h6-14H,2-5,15H2,1H3. The van der Waals surface area contributed by atoms with E-state index in [9.17, 15) is 14.4 Å². The van der Waals surface area contributed by atoms with Crippen molar-refractivity contribution in [3.63, 3.8) is 0 Å². The SMILES string of the molecule is CC(=O)Oc1ccc(-c2ccc(C(=O)OCc3cc(=O)n4c5c(sc4n3)CCCC5)cc2)cc1. The molecule has 5 rings (SSSR count). The lowest BCUT2D eigenvalue weighted by molar-refractivity contribution is -0.131. The molecule has 2 heterocycles. The zero-order valence-electron chi connectivity index (χ0n) is 18.6. The average molecular weight is 475 g/mol. The Morgan fingerprint density at radius 1 is 1.00 bits per heavy atom. The summed E-state index contributed by atoms with van der Waals surface area (Å²) < 4.78 is 12.2. The number of esters is 2. The zero-order valence-corrected chi connectivity index (χ0v) is 19.4. The van der Waals surface area contributed by atoms with Crippen LogP contribution in [0.3, 0.4) is 0 Å². The van der Waals surface area contributed by atoms with Crippen molar-refractivity contribution in [1.29, 1.82) is 0 Å². The number of thiazole rings is 1. The Morgan fingerprint density at radius 2 is 1.68 bits per heavy atom. The van der Waals surface area contributed by atoms with Gasteiger partial charge < -0.3 is 9.47 Å². The molecule has 0 aliphatic heterocycles. The summed E-state index contributed by atoms with van der Waals surface area (Å²) in [6.45, 7) is 1.29. The lowest BCUT2D eigenvalue weighted by Crippen LogP contribution is -2.18. The molecule has 7 nitrogen and oxygen atoms in total. The van der Waals surface area contributed by atoms with Gasteiger partial charge in [0.2, 0.25) is 0 Å². The van der Waals surface area contributed by atoms with Crippen LogP contribution < -0.4 is 10.3 Å². The Morgan fingerprint density at radius 3 is 2.38 bits per heavy atom. The van der Waals surface area contributed by atoms with Crippen LogP contribution in [0.4, 0.5) is 0 Å². The van der Waals surface area contributed by atoms with Crippen LogP contribution in [0.2, 0.25) is 0 Å².